The van der Waals surface area contributed by atoms with Gasteiger partial charge in [0.15, 0.2) is 0 Å². The van der Waals surface area contributed by atoms with Crippen molar-refractivity contribution in [2.75, 3.05) is 0 Å². The molecule has 4 aliphatic carbocycles. The molecule has 8 atom stereocenters. The van der Waals surface area contributed by atoms with Crippen LogP contribution in [0.15, 0.2) is 0 Å². The first kappa shape index (κ1) is 7.24. The third-order valence-corrected chi connectivity index (χ3v) is 5.54. The summed E-state index contributed by atoms with van der Waals surface area (Å²) in [6.45, 7) is 0. The fraction of sp³-hybridized carbons (Fsp3) is 1.00. The maximum absolute atomic E-state index is 9.93. The Hall–Kier alpha value is -0.0800. The number of rotatable bonds is 0. The lowest BCUT2D eigenvalue weighted by atomic mass is 9.79. The summed E-state index contributed by atoms with van der Waals surface area (Å²) < 4.78 is 0. The van der Waals surface area contributed by atoms with Gasteiger partial charge in [-0.3, -0.25) is 0 Å². The van der Waals surface area contributed by atoms with Crippen LogP contribution in [-0.2, 0) is 0 Å². The monoisotopic (exact) mass is 180 g/mol. The second kappa shape index (κ2) is 1.96. The molecule has 4 fully saturated rings. The predicted octanol–water partition coefficient (Wildman–Crippen LogP) is 0.630. The van der Waals surface area contributed by atoms with Gasteiger partial charge in [0, 0.05) is 0 Å². The van der Waals surface area contributed by atoms with E-state index >= 15 is 0 Å². The van der Waals surface area contributed by atoms with E-state index in [1.54, 1.807) is 0 Å². The second-order valence-electron chi connectivity index (χ2n) is 5.65. The van der Waals surface area contributed by atoms with Gasteiger partial charge in [-0.15, -0.1) is 0 Å². The molecule has 0 amide bonds. The Labute approximate surface area is 78.0 Å². The molecule has 13 heavy (non-hydrogen) atoms. The maximum Gasteiger partial charge on any atom is 0.0577 e. The van der Waals surface area contributed by atoms with E-state index in [4.69, 9.17) is 0 Å². The van der Waals surface area contributed by atoms with Gasteiger partial charge >= 0.3 is 0 Å². The lowest BCUT2D eigenvalue weighted by Crippen LogP contribution is -2.30. The Morgan fingerprint density at radius 1 is 0.615 bits per heavy atom. The molecule has 0 aliphatic heterocycles. The van der Waals surface area contributed by atoms with Crippen LogP contribution < -0.4 is 0 Å². The lowest BCUT2D eigenvalue weighted by molar-refractivity contribution is 0.0365. The zero-order valence-electron chi connectivity index (χ0n) is 7.63. The average Bonchev–Trinajstić information content (AvgIpc) is 2.67. The highest BCUT2D eigenvalue weighted by atomic mass is 16.3. The fourth-order valence-corrected chi connectivity index (χ4v) is 5.41. The standard InChI is InChI=1S/C11H16O2/c12-8-2-4-5-3-9(13)11-7(5)1-6(4)10(8)11/h4-13H,1-3H2. The van der Waals surface area contributed by atoms with E-state index < -0.39 is 0 Å². The van der Waals surface area contributed by atoms with E-state index in [2.05, 4.69) is 0 Å². The van der Waals surface area contributed by atoms with Crippen molar-refractivity contribution in [3.8, 4) is 0 Å². The van der Waals surface area contributed by atoms with Crippen molar-refractivity contribution in [1.29, 1.82) is 0 Å². The Morgan fingerprint density at radius 3 is 1.54 bits per heavy atom. The molecule has 0 aromatic carbocycles. The van der Waals surface area contributed by atoms with Crippen LogP contribution in [0.5, 0.6) is 0 Å². The van der Waals surface area contributed by atoms with Crippen molar-refractivity contribution in [2.24, 2.45) is 35.5 Å². The SMILES string of the molecule is OC1CC2C3CC(O)C4C3CC2C14. The molecule has 4 aliphatic rings. The molecule has 2 heteroatoms. The van der Waals surface area contributed by atoms with Gasteiger partial charge in [0.05, 0.1) is 12.2 Å². The lowest BCUT2D eigenvalue weighted by Gasteiger charge is -2.27. The van der Waals surface area contributed by atoms with E-state index in [0.717, 1.165) is 36.5 Å². The van der Waals surface area contributed by atoms with Crippen LogP contribution in [0.4, 0.5) is 0 Å². The van der Waals surface area contributed by atoms with Gasteiger partial charge in [-0.2, -0.15) is 0 Å². The van der Waals surface area contributed by atoms with E-state index in [1.807, 2.05) is 0 Å². The normalized spacial score (nSPS) is 72.5. The van der Waals surface area contributed by atoms with Crippen LogP contribution >= 0.6 is 0 Å². The van der Waals surface area contributed by atoms with Crippen LogP contribution in [0.25, 0.3) is 0 Å². The van der Waals surface area contributed by atoms with Crippen molar-refractivity contribution in [3.05, 3.63) is 0 Å². The first-order chi connectivity index (χ1) is 6.27. The highest BCUT2D eigenvalue weighted by Gasteiger charge is 2.68. The van der Waals surface area contributed by atoms with Crippen molar-refractivity contribution >= 4 is 0 Å². The predicted molar refractivity (Wildman–Crippen MR) is 46.8 cm³/mol. The van der Waals surface area contributed by atoms with Gasteiger partial charge in [0.25, 0.3) is 0 Å². The van der Waals surface area contributed by atoms with Gasteiger partial charge in [0.1, 0.15) is 0 Å². The number of aliphatic hydroxyl groups excluding tert-OH is 2. The molecule has 8 unspecified atom stereocenters. The highest BCUT2D eigenvalue weighted by Crippen LogP contribution is 2.70. The molecule has 72 valence electrons. The molecular formula is C11H16O2. The Kier molecular flexibility index (Phi) is 1.09. The minimum atomic E-state index is -0.0788. The van der Waals surface area contributed by atoms with Crippen molar-refractivity contribution in [1.82, 2.24) is 0 Å². The first-order valence-corrected chi connectivity index (χ1v) is 5.63. The molecule has 4 rings (SSSR count). The summed E-state index contributed by atoms with van der Waals surface area (Å²) in [5.74, 6) is 4.07. The van der Waals surface area contributed by atoms with Crippen LogP contribution in [0.1, 0.15) is 19.3 Å². The molecule has 4 saturated carbocycles. The highest BCUT2D eigenvalue weighted by molar-refractivity contribution is 5.17. The first-order valence-electron chi connectivity index (χ1n) is 5.63. The molecule has 2 N–H and O–H groups in total. The molecule has 0 spiro atoms. The summed E-state index contributed by atoms with van der Waals surface area (Å²) in [4.78, 5) is 0. The molecule has 0 aromatic rings. The van der Waals surface area contributed by atoms with Gasteiger partial charge in [0.2, 0.25) is 0 Å². The summed E-state index contributed by atoms with van der Waals surface area (Å²) in [6.07, 6.45) is 3.24. The third kappa shape index (κ3) is 0.608. The fourth-order valence-electron chi connectivity index (χ4n) is 5.41. The summed E-state index contributed by atoms with van der Waals surface area (Å²) >= 11 is 0. The minimum Gasteiger partial charge on any atom is -0.393 e. The molecule has 0 heterocycles. The molecule has 2 nitrogen and oxygen atoms in total. The van der Waals surface area contributed by atoms with Crippen LogP contribution in [0, 0.1) is 35.5 Å². The van der Waals surface area contributed by atoms with Gasteiger partial charge < -0.3 is 10.2 Å². The molecular weight excluding hydrogens is 164 g/mol. The summed E-state index contributed by atoms with van der Waals surface area (Å²) in [7, 11) is 0. The second-order valence-corrected chi connectivity index (χ2v) is 5.65. The van der Waals surface area contributed by atoms with E-state index in [-0.39, 0.29) is 12.2 Å². The third-order valence-electron chi connectivity index (χ3n) is 5.54. The number of hydrogen-bond acceptors (Lipinski definition) is 2. The van der Waals surface area contributed by atoms with Gasteiger partial charge in [-0.1, -0.05) is 0 Å². The van der Waals surface area contributed by atoms with Crippen LogP contribution in [0.2, 0.25) is 0 Å². The quantitative estimate of drug-likeness (QED) is 0.574. The van der Waals surface area contributed by atoms with Crippen LogP contribution in [0.3, 0.4) is 0 Å². The zero-order valence-corrected chi connectivity index (χ0v) is 7.63. The molecule has 2 bridgehead atoms. The number of aliphatic hydroxyl groups is 2. The van der Waals surface area contributed by atoms with Crippen molar-refractivity contribution in [2.45, 2.75) is 31.5 Å². The van der Waals surface area contributed by atoms with E-state index in [0.29, 0.717) is 11.8 Å². The summed E-state index contributed by atoms with van der Waals surface area (Å²) in [5, 5.41) is 19.9. The van der Waals surface area contributed by atoms with E-state index in [9.17, 15) is 10.2 Å². The summed E-state index contributed by atoms with van der Waals surface area (Å²) in [5.41, 5.74) is 0. The minimum absolute atomic E-state index is 0.0788. The molecule has 0 aromatic heterocycles. The number of fused-ring (bicyclic) bond motifs is 2. The zero-order chi connectivity index (χ0) is 8.74. The van der Waals surface area contributed by atoms with Crippen molar-refractivity contribution in [3.63, 3.8) is 0 Å². The van der Waals surface area contributed by atoms with Crippen LogP contribution in [-0.4, -0.2) is 22.4 Å². The average molecular weight is 180 g/mol. The maximum atomic E-state index is 9.93. The van der Waals surface area contributed by atoms with Gasteiger partial charge in [-0.05, 0) is 54.8 Å². The topological polar surface area (TPSA) is 40.5 Å². The Balaban J connectivity index is 1.86. The Bertz CT molecular complexity index is 235. The Morgan fingerprint density at radius 2 is 1.08 bits per heavy atom. The van der Waals surface area contributed by atoms with Gasteiger partial charge in [-0.25, -0.2) is 0 Å². The number of hydrogen-bond donors (Lipinski definition) is 2. The molecule has 0 saturated heterocycles. The van der Waals surface area contributed by atoms with E-state index in [1.165, 1.54) is 6.42 Å². The smallest absolute Gasteiger partial charge is 0.0577 e. The van der Waals surface area contributed by atoms with Crippen molar-refractivity contribution < 1.29 is 10.2 Å². The molecule has 0 radical (unpaired) electrons. The summed E-state index contributed by atoms with van der Waals surface area (Å²) in [6, 6.07) is 0. The largest absolute Gasteiger partial charge is 0.393 e.